The number of carbonyl (C=O) groups is 4. The van der Waals surface area contributed by atoms with Gasteiger partial charge in [0.25, 0.3) is 5.91 Å². The number of rotatable bonds is 8. The van der Waals surface area contributed by atoms with E-state index in [1.807, 2.05) is 12.1 Å². The molecule has 0 bridgehead atoms. The van der Waals surface area contributed by atoms with E-state index in [0.717, 1.165) is 11.8 Å². The van der Waals surface area contributed by atoms with E-state index in [4.69, 9.17) is 0 Å². The van der Waals surface area contributed by atoms with E-state index in [1.54, 1.807) is 62.4 Å². The molecule has 1 fully saturated rings. The van der Waals surface area contributed by atoms with Gasteiger partial charge in [-0.15, -0.1) is 0 Å². The van der Waals surface area contributed by atoms with Crippen molar-refractivity contribution < 1.29 is 24.3 Å². The number of likely N-dealkylation sites (tertiary alicyclic amines) is 1. The summed E-state index contributed by atoms with van der Waals surface area (Å²) in [7, 11) is 0. The number of hydrogen-bond donors (Lipinski definition) is 1. The molecule has 1 saturated heterocycles. The standard InChI is InChI=1S/C25H28N2O5S/c1-17(22(28)26-15-9-14-21(26)24(30)31)16-33-25(32)18(2)27(20-12-7-4-8-13-20)23(29)19-10-5-3-6-11-19/h3-8,10-13,17-18,21H,9,14-16H2,1-2H3,(H,30,31)/t17?,18?,21-/m0/s1. The van der Waals surface area contributed by atoms with Crippen molar-refractivity contribution in [2.24, 2.45) is 5.92 Å². The molecule has 1 aliphatic rings. The Hall–Kier alpha value is -3.13. The number of nitrogens with zero attached hydrogens (tertiary/aromatic N) is 2. The summed E-state index contributed by atoms with van der Waals surface area (Å²) in [5.74, 6) is -1.83. The number of carboxylic acids is 1. The first-order valence-corrected chi connectivity index (χ1v) is 11.9. The number of aliphatic carboxylic acids is 1. The molecule has 0 spiro atoms. The fourth-order valence-electron chi connectivity index (χ4n) is 3.90. The van der Waals surface area contributed by atoms with Crippen molar-refractivity contribution in [3.8, 4) is 0 Å². The number of anilines is 1. The van der Waals surface area contributed by atoms with E-state index in [0.29, 0.717) is 30.6 Å². The van der Waals surface area contributed by atoms with Gasteiger partial charge in [-0.2, -0.15) is 0 Å². The molecule has 2 unspecified atom stereocenters. The van der Waals surface area contributed by atoms with E-state index in [1.165, 1.54) is 9.80 Å². The van der Waals surface area contributed by atoms with E-state index >= 15 is 0 Å². The number of carboxylic acid groups (broad SMARTS) is 1. The lowest BCUT2D eigenvalue weighted by Gasteiger charge is -2.29. The van der Waals surface area contributed by atoms with Crippen LogP contribution in [0.3, 0.4) is 0 Å². The van der Waals surface area contributed by atoms with Crippen molar-refractivity contribution in [3.63, 3.8) is 0 Å². The van der Waals surface area contributed by atoms with Gasteiger partial charge in [-0.05, 0) is 44.0 Å². The Morgan fingerprint density at radius 1 is 1.03 bits per heavy atom. The van der Waals surface area contributed by atoms with Crippen LogP contribution < -0.4 is 4.90 Å². The van der Waals surface area contributed by atoms with Crippen molar-refractivity contribution in [2.45, 2.75) is 38.8 Å². The summed E-state index contributed by atoms with van der Waals surface area (Å²) in [5, 5.41) is 9.09. The van der Waals surface area contributed by atoms with Gasteiger partial charge in [0.05, 0.1) is 0 Å². The lowest BCUT2D eigenvalue weighted by molar-refractivity contribution is -0.149. The summed E-state index contributed by atoms with van der Waals surface area (Å²) in [5.41, 5.74) is 1.08. The number of thioether (sulfide) groups is 1. The molecule has 0 aliphatic carbocycles. The first-order chi connectivity index (χ1) is 15.8. The second-order valence-corrected chi connectivity index (χ2v) is 9.14. The Morgan fingerprint density at radius 2 is 1.64 bits per heavy atom. The fourth-order valence-corrected chi connectivity index (χ4v) is 4.80. The fraction of sp³-hybridized carbons (Fsp3) is 0.360. The van der Waals surface area contributed by atoms with Crippen LogP contribution >= 0.6 is 11.8 Å². The second kappa shape index (κ2) is 11.1. The summed E-state index contributed by atoms with van der Waals surface area (Å²) in [6, 6.07) is 16.2. The lowest BCUT2D eigenvalue weighted by atomic mass is 10.1. The predicted octanol–water partition coefficient (Wildman–Crippen LogP) is 3.69. The average Bonchev–Trinajstić information content (AvgIpc) is 3.33. The van der Waals surface area contributed by atoms with Crippen LogP contribution in [0, 0.1) is 5.92 Å². The summed E-state index contributed by atoms with van der Waals surface area (Å²) < 4.78 is 0. The zero-order valence-electron chi connectivity index (χ0n) is 18.7. The molecule has 1 aliphatic heterocycles. The van der Waals surface area contributed by atoms with Gasteiger partial charge in [-0.25, -0.2) is 4.79 Å². The van der Waals surface area contributed by atoms with Gasteiger partial charge in [0.1, 0.15) is 12.1 Å². The Kier molecular flexibility index (Phi) is 8.27. The third-order valence-corrected chi connectivity index (χ3v) is 7.01. The van der Waals surface area contributed by atoms with E-state index < -0.39 is 24.0 Å². The maximum Gasteiger partial charge on any atom is 0.326 e. The van der Waals surface area contributed by atoms with Gasteiger partial charge < -0.3 is 10.0 Å². The predicted molar refractivity (Wildman–Crippen MR) is 128 cm³/mol. The number of para-hydroxylation sites is 1. The Labute approximate surface area is 197 Å². The molecule has 3 atom stereocenters. The number of amides is 2. The molecule has 1 heterocycles. The third kappa shape index (κ3) is 5.82. The largest absolute Gasteiger partial charge is 0.480 e. The second-order valence-electron chi connectivity index (χ2n) is 8.11. The summed E-state index contributed by atoms with van der Waals surface area (Å²) in [6.07, 6.45) is 1.11. The summed E-state index contributed by atoms with van der Waals surface area (Å²) in [4.78, 5) is 53.4. The van der Waals surface area contributed by atoms with Gasteiger partial charge in [0.15, 0.2) is 0 Å². The minimum absolute atomic E-state index is 0.215. The summed E-state index contributed by atoms with van der Waals surface area (Å²) >= 11 is 0.997. The van der Waals surface area contributed by atoms with Crippen LogP contribution in [0.15, 0.2) is 60.7 Å². The van der Waals surface area contributed by atoms with Crippen molar-refractivity contribution in [3.05, 3.63) is 66.2 Å². The monoisotopic (exact) mass is 468 g/mol. The van der Waals surface area contributed by atoms with Crippen LogP contribution in [-0.2, 0) is 14.4 Å². The maximum absolute atomic E-state index is 13.3. The molecule has 0 radical (unpaired) electrons. The van der Waals surface area contributed by atoms with E-state index in [2.05, 4.69) is 0 Å². The van der Waals surface area contributed by atoms with Crippen LogP contribution in [0.2, 0.25) is 0 Å². The number of benzene rings is 2. The molecule has 0 aromatic heterocycles. The minimum atomic E-state index is -0.997. The first kappa shape index (κ1) is 24.5. The molecule has 2 aromatic rings. The Bertz CT molecular complexity index is 998. The molecule has 1 N–H and O–H groups in total. The SMILES string of the molecule is CC(CSC(=O)C(C)N(C(=O)c1ccccc1)c1ccccc1)C(=O)N1CCC[C@H]1C(=O)O. The first-order valence-electron chi connectivity index (χ1n) is 10.9. The zero-order valence-corrected chi connectivity index (χ0v) is 19.5. The summed E-state index contributed by atoms with van der Waals surface area (Å²) in [6.45, 7) is 3.80. The molecule has 0 saturated carbocycles. The molecule has 174 valence electrons. The van der Waals surface area contributed by atoms with Gasteiger partial charge >= 0.3 is 5.97 Å². The van der Waals surface area contributed by atoms with Crippen molar-refractivity contribution in [1.82, 2.24) is 4.90 Å². The van der Waals surface area contributed by atoms with Gasteiger partial charge in [-0.3, -0.25) is 19.3 Å². The highest BCUT2D eigenvalue weighted by atomic mass is 32.2. The van der Waals surface area contributed by atoms with Crippen molar-refractivity contribution in [1.29, 1.82) is 0 Å². The normalized spacial score (nSPS) is 17.3. The maximum atomic E-state index is 13.3. The van der Waals surface area contributed by atoms with Gasteiger partial charge in [0, 0.05) is 29.5 Å². The van der Waals surface area contributed by atoms with E-state index in [-0.39, 0.29) is 22.7 Å². The van der Waals surface area contributed by atoms with E-state index in [9.17, 15) is 24.3 Å². The smallest absolute Gasteiger partial charge is 0.326 e. The number of carbonyl (C=O) groups excluding carboxylic acids is 3. The van der Waals surface area contributed by atoms with Crippen LogP contribution in [0.1, 0.15) is 37.0 Å². The van der Waals surface area contributed by atoms with Crippen LogP contribution in [-0.4, -0.2) is 57.3 Å². The van der Waals surface area contributed by atoms with Gasteiger partial charge in [0.2, 0.25) is 11.0 Å². The molecule has 33 heavy (non-hydrogen) atoms. The highest BCUT2D eigenvalue weighted by Crippen LogP contribution is 2.25. The quantitative estimate of drug-likeness (QED) is 0.635. The average molecular weight is 469 g/mol. The zero-order chi connectivity index (χ0) is 24.0. The topological polar surface area (TPSA) is 95.0 Å². The molecular formula is C25H28N2O5S. The van der Waals surface area contributed by atoms with Crippen LogP contribution in [0.4, 0.5) is 5.69 Å². The molecule has 8 heteroatoms. The molecule has 2 aromatic carbocycles. The molecule has 7 nitrogen and oxygen atoms in total. The van der Waals surface area contributed by atoms with Gasteiger partial charge in [-0.1, -0.05) is 55.1 Å². The highest BCUT2D eigenvalue weighted by Gasteiger charge is 2.36. The third-order valence-electron chi connectivity index (χ3n) is 5.72. The van der Waals surface area contributed by atoms with Crippen molar-refractivity contribution >= 4 is 40.3 Å². The number of hydrogen-bond acceptors (Lipinski definition) is 5. The molecule has 3 rings (SSSR count). The van der Waals surface area contributed by atoms with Crippen molar-refractivity contribution in [2.75, 3.05) is 17.2 Å². The van der Waals surface area contributed by atoms with Crippen LogP contribution in [0.5, 0.6) is 0 Å². The lowest BCUT2D eigenvalue weighted by Crippen LogP contribution is -2.44. The minimum Gasteiger partial charge on any atom is -0.480 e. The molecular weight excluding hydrogens is 440 g/mol. The Morgan fingerprint density at radius 3 is 2.24 bits per heavy atom. The van der Waals surface area contributed by atoms with Crippen LogP contribution in [0.25, 0.3) is 0 Å². The molecule has 2 amide bonds. The highest BCUT2D eigenvalue weighted by molar-refractivity contribution is 8.13. The Balaban J connectivity index is 1.70.